The highest BCUT2D eigenvalue weighted by atomic mass is 14.9. The molecule has 1 heteroatoms. The first-order valence-corrected chi connectivity index (χ1v) is 7.49. The van der Waals surface area contributed by atoms with E-state index in [1.165, 1.54) is 57.9 Å². The van der Waals surface area contributed by atoms with Gasteiger partial charge in [0, 0.05) is 6.04 Å². The van der Waals surface area contributed by atoms with Crippen LogP contribution in [0.25, 0.3) is 0 Å². The van der Waals surface area contributed by atoms with Crippen molar-refractivity contribution in [1.82, 2.24) is 5.32 Å². The van der Waals surface area contributed by atoms with Crippen molar-refractivity contribution in [3.8, 4) is 0 Å². The fourth-order valence-corrected chi connectivity index (χ4v) is 2.17. The van der Waals surface area contributed by atoms with Crippen molar-refractivity contribution >= 4 is 0 Å². The summed E-state index contributed by atoms with van der Waals surface area (Å²) in [5, 5.41) is 3.71. The lowest BCUT2D eigenvalue weighted by Gasteiger charge is -2.24. The molecule has 0 aliphatic heterocycles. The van der Waals surface area contributed by atoms with Gasteiger partial charge >= 0.3 is 0 Å². The van der Waals surface area contributed by atoms with Crippen LogP contribution in [0, 0.1) is 5.92 Å². The summed E-state index contributed by atoms with van der Waals surface area (Å²) in [7, 11) is 0. The van der Waals surface area contributed by atoms with Gasteiger partial charge in [0.15, 0.2) is 0 Å². The molecule has 0 bridgehead atoms. The molecule has 0 heterocycles. The summed E-state index contributed by atoms with van der Waals surface area (Å²) in [5.74, 6) is 0.831. The van der Waals surface area contributed by atoms with Gasteiger partial charge in [-0.2, -0.15) is 0 Å². The van der Waals surface area contributed by atoms with Crippen LogP contribution in [0.2, 0.25) is 0 Å². The third kappa shape index (κ3) is 8.15. The summed E-state index contributed by atoms with van der Waals surface area (Å²) < 4.78 is 0. The first kappa shape index (κ1) is 16.0. The van der Waals surface area contributed by atoms with Crippen molar-refractivity contribution in [1.29, 1.82) is 0 Å². The lowest BCUT2D eigenvalue weighted by molar-refractivity contribution is 0.338. The second-order valence-corrected chi connectivity index (χ2v) is 5.15. The molecule has 2 atom stereocenters. The van der Waals surface area contributed by atoms with Crippen molar-refractivity contribution in [3.63, 3.8) is 0 Å². The standard InChI is InChI=1S/C15H33N/c1-5-8-9-10-11-12-15(14(4)7-3)16-13-6-2/h14-16H,5-13H2,1-4H3. The molecular formula is C15H33N. The molecule has 0 spiro atoms. The number of hydrogen-bond donors (Lipinski definition) is 1. The molecule has 0 aliphatic rings. The molecule has 0 aromatic heterocycles. The maximum absolute atomic E-state index is 3.71. The van der Waals surface area contributed by atoms with Crippen molar-refractivity contribution in [2.24, 2.45) is 5.92 Å². The van der Waals surface area contributed by atoms with Crippen LogP contribution < -0.4 is 5.32 Å². The Hall–Kier alpha value is -0.0400. The maximum atomic E-state index is 3.71. The molecule has 0 aromatic rings. The van der Waals surface area contributed by atoms with E-state index in [9.17, 15) is 0 Å². The highest BCUT2D eigenvalue weighted by Crippen LogP contribution is 2.15. The fraction of sp³-hybridized carbons (Fsp3) is 1.00. The monoisotopic (exact) mass is 227 g/mol. The van der Waals surface area contributed by atoms with Gasteiger partial charge in [0.1, 0.15) is 0 Å². The number of rotatable bonds is 11. The minimum atomic E-state index is 0.756. The van der Waals surface area contributed by atoms with E-state index in [-0.39, 0.29) is 0 Å². The van der Waals surface area contributed by atoms with Crippen molar-refractivity contribution in [3.05, 3.63) is 0 Å². The van der Waals surface area contributed by atoms with Crippen LogP contribution in [0.3, 0.4) is 0 Å². The van der Waals surface area contributed by atoms with Gasteiger partial charge in [-0.3, -0.25) is 0 Å². The molecule has 98 valence electrons. The quantitative estimate of drug-likeness (QED) is 0.502. The Morgan fingerprint density at radius 3 is 2.12 bits per heavy atom. The Bertz CT molecular complexity index is 133. The highest BCUT2D eigenvalue weighted by molar-refractivity contribution is 4.72. The Kier molecular flexibility index (Phi) is 11.4. The smallest absolute Gasteiger partial charge is 0.00925 e. The zero-order chi connectivity index (χ0) is 12.2. The van der Waals surface area contributed by atoms with Gasteiger partial charge in [-0.1, -0.05) is 66.2 Å². The minimum absolute atomic E-state index is 0.756. The largest absolute Gasteiger partial charge is 0.314 e. The van der Waals surface area contributed by atoms with Crippen LogP contribution in [0.15, 0.2) is 0 Å². The van der Waals surface area contributed by atoms with Crippen molar-refractivity contribution in [2.75, 3.05) is 6.54 Å². The van der Waals surface area contributed by atoms with Crippen LogP contribution in [0.4, 0.5) is 0 Å². The normalized spacial score (nSPS) is 15.0. The lowest BCUT2D eigenvalue weighted by atomic mass is 9.93. The SMILES string of the molecule is CCCCCCCC(NCCC)C(C)CC. The lowest BCUT2D eigenvalue weighted by Crippen LogP contribution is -2.35. The van der Waals surface area contributed by atoms with Crippen molar-refractivity contribution in [2.45, 2.75) is 85.1 Å². The third-order valence-corrected chi connectivity index (χ3v) is 3.61. The van der Waals surface area contributed by atoms with Gasteiger partial charge in [0.25, 0.3) is 0 Å². The van der Waals surface area contributed by atoms with Gasteiger partial charge in [-0.15, -0.1) is 0 Å². The third-order valence-electron chi connectivity index (χ3n) is 3.61. The molecule has 1 nitrogen and oxygen atoms in total. The first-order chi connectivity index (χ1) is 7.76. The van der Waals surface area contributed by atoms with E-state index in [0.29, 0.717) is 0 Å². The van der Waals surface area contributed by atoms with E-state index >= 15 is 0 Å². The summed E-state index contributed by atoms with van der Waals surface area (Å²) in [4.78, 5) is 0. The maximum Gasteiger partial charge on any atom is 0.00925 e. The second kappa shape index (κ2) is 11.4. The number of hydrogen-bond acceptors (Lipinski definition) is 1. The van der Waals surface area contributed by atoms with Crippen LogP contribution in [-0.2, 0) is 0 Å². The molecule has 2 unspecified atom stereocenters. The number of unbranched alkanes of at least 4 members (excludes halogenated alkanes) is 4. The highest BCUT2D eigenvalue weighted by Gasteiger charge is 2.13. The Morgan fingerprint density at radius 2 is 1.56 bits per heavy atom. The van der Waals surface area contributed by atoms with Crippen LogP contribution in [0.5, 0.6) is 0 Å². The van der Waals surface area contributed by atoms with Crippen LogP contribution in [0.1, 0.15) is 79.1 Å². The zero-order valence-electron chi connectivity index (χ0n) is 12.0. The van der Waals surface area contributed by atoms with E-state index in [1.807, 2.05) is 0 Å². The first-order valence-electron chi connectivity index (χ1n) is 7.49. The summed E-state index contributed by atoms with van der Waals surface area (Å²) in [6, 6.07) is 0.756. The molecule has 1 N–H and O–H groups in total. The summed E-state index contributed by atoms with van der Waals surface area (Å²) in [5.41, 5.74) is 0. The molecule has 0 rings (SSSR count). The number of nitrogens with one attached hydrogen (secondary N) is 1. The van der Waals surface area contributed by atoms with E-state index in [2.05, 4.69) is 33.0 Å². The zero-order valence-corrected chi connectivity index (χ0v) is 12.0. The van der Waals surface area contributed by atoms with E-state index in [0.717, 1.165) is 12.0 Å². The summed E-state index contributed by atoms with van der Waals surface area (Å²) in [6.45, 7) is 10.4. The van der Waals surface area contributed by atoms with Crippen molar-refractivity contribution < 1.29 is 0 Å². The molecule has 0 aromatic carbocycles. The molecule has 0 radical (unpaired) electrons. The molecular weight excluding hydrogens is 194 g/mol. The van der Waals surface area contributed by atoms with Gasteiger partial charge in [0.05, 0.1) is 0 Å². The van der Waals surface area contributed by atoms with Crippen LogP contribution in [-0.4, -0.2) is 12.6 Å². The average Bonchev–Trinajstić information content (AvgIpc) is 2.31. The summed E-state index contributed by atoms with van der Waals surface area (Å²) in [6.07, 6.45) is 11.0. The second-order valence-electron chi connectivity index (χ2n) is 5.15. The topological polar surface area (TPSA) is 12.0 Å². The molecule has 0 saturated heterocycles. The van der Waals surface area contributed by atoms with Gasteiger partial charge in [-0.25, -0.2) is 0 Å². The van der Waals surface area contributed by atoms with E-state index < -0.39 is 0 Å². The summed E-state index contributed by atoms with van der Waals surface area (Å²) >= 11 is 0. The predicted molar refractivity (Wildman–Crippen MR) is 74.9 cm³/mol. The van der Waals surface area contributed by atoms with Gasteiger partial charge in [0.2, 0.25) is 0 Å². The Labute approximate surface area is 103 Å². The fourth-order valence-electron chi connectivity index (χ4n) is 2.17. The van der Waals surface area contributed by atoms with E-state index in [4.69, 9.17) is 0 Å². The Balaban J connectivity index is 3.65. The van der Waals surface area contributed by atoms with E-state index in [1.54, 1.807) is 0 Å². The molecule has 16 heavy (non-hydrogen) atoms. The molecule has 0 amide bonds. The van der Waals surface area contributed by atoms with Crippen LogP contribution >= 0.6 is 0 Å². The average molecular weight is 227 g/mol. The molecule has 0 aliphatic carbocycles. The minimum Gasteiger partial charge on any atom is -0.314 e. The van der Waals surface area contributed by atoms with Gasteiger partial charge in [-0.05, 0) is 25.3 Å². The molecule has 0 fully saturated rings. The Morgan fingerprint density at radius 1 is 0.875 bits per heavy atom. The predicted octanol–water partition coefficient (Wildman–Crippen LogP) is 4.76. The molecule has 0 saturated carbocycles. The van der Waals surface area contributed by atoms with Gasteiger partial charge < -0.3 is 5.32 Å².